The molecule has 3 rings (SSSR count). The van der Waals surface area contributed by atoms with Crippen LogP contribution >= 0.6 is 0 Å². The predicted molar refractivity (Wildman–Crippen MR) is 91.0 cm³/mol. The lowest BCUT2D eigenvalue weighted by Gasteiger charge is -2.35. The zero-order valence-corrected chi connectivity index (χ0v) is 14.6. The molecule has 1 aromatic carbocycles. The number of fused-ring (bicyclic) bond motifs is 1. The molecule has 5 nitrogen and oxygen atoms in total. The van der Waals surface area contributed by atoms with Crippen molar-refractivity contribution in [2.45, 2.75) is 32.6 Å². The van der Waals surface area contributed by atoms with Crippen molar-refractivity contribution in [3.05, 3.63) is 29.3 Å². The van der Waals surface area contributed by atoms with Crippen molar-refractivity contribution in [2.75, 3.05) is 30.8 Å². The number of rotatable bonds is 2. The highest BCUT2D eigenvalue weighted by Crippen LogP contribution is 2.31. The number of amides is 1. The Hall–Kier alpha value is -1.40. The monoisotopic (exact) mass is 336 g/mol. The fourth-order valence-corrected chi connectivity index (χ4v) is 4.48. The standard InChI is InChI=1S/C17H24N2O3S/c1-13-5-6-16-15(12-13)4-3-9-19(16)17(20)14-7-10-18(11-8-14)23(2,21)22/h5-6,12,14H,3-4,7-11H2,1-2H3. The number of nitrogens with zero attached hydrogens (tertiary/aromatic N) is 2. The Morgan fingerprint density at radius 1 is 1.17 bits per heavy atom. The Bertz CT molecular complexity index is 707. The lowest BCUT2D eigenvalue weighted by Crippen LogP contribution is -2.45. The first-order valence-corrected chi connectivity index (χ1v) is 10.1. The fraction of sp³-hybridized carbons (Fsp3) is 0.588. The second kappa shape index (κ2) is 6.24. The molecule has 1 aromatic rings. The van der Waals surface area contributed by atoms with Crippen molar-refractivity contribution in [2.24, 2.45) is 5.92 Å². The van der Waals surface area contributed by atoms with Gasteiger partial charge in [-0.25, -0.2) is 12.7 Å². The van der Waals surface area contributed by atoms with Crippen LogP contribution in [0.25, 0.3) is 0 Å². The minimum atomic E-state index is -3.14. The summed E-state index contributed by atoms with van der Waals surface area (Å²) in [6, 6.07) is 6.27. The molecular formula is C17H24N2O3S. The Balaban J connectivity index is 1.73. The lowest BCUT2D eigenvalue weighted by atomic mass is 9.93. The molecule has 0 aromatic heterocycles. The van der Waals surface area contributed by atoms with E-state index in [1.54, 1.807) is 0 Å². The van der Waals surface area contributed by atoms with Crippen LogP contribution in [-0.4, -0.2) is 44.5 Å². The van der Waals surface area contributed by atoms with Crippen LogP contribution in [0.5, 0.6) is 0 Å². The van der Waals surface area contributed by atoms with Gasteiger partial charge in [0.05, 0.1) is 6.26 Å². The molecule has 1 fully saturated rings. The van der Waals surface area contributed by atoms with Gasteiger partial charge in [0.15, 0.2) is 0 Å². The van der Waals surface area contributed by atoms with Gasteiger partial charge in [0.25, 0.3) is 0 Å². The van der Waals surface area contributed by atoms with Gasteiger partial charge in [-0.05, 0) is 44.2 Å². The summed E-state index contributed by atoms with van der Waals surface area (Å²) in [5.41, 5.74) is 3.51. The van der Waals surface area contributed by atoms with E-state index < -0.39 is 10.0 Å². The minimum Gasteiger partial charge on any atom is -0.312 e. The summed E-state index contributed by atoms with van der Waals surface area (Å²) in [6.45, 7) is 3.73. The van der Waals surface area contributed by atoms with E-state index in [4.69, 9.17) is 0 Å². The summed E-state index contributed by atoms with van der Waals surface area (Å²) < 4.78 is 24.7. The van der Waals surface area contributed by atoms with Crippen molar-refractivity contribution in [1.29, 1.82) is 0 Å². The van der Waals surface area contributed by atoms with Gasteiger partial charge in [-0.1, -0.05) is 17.7 Å². The molecule has 23 heavy (non-hydrogen) atoms. The summed E-state index contributed by atoms with van der Waals surface area (Å²) >= 11 is 0. The van der Waals surface area contributed by atoms with Crippen molar-refractivity contribution in [1.82, 2.24) is 4.31 Å². The van der Waals surface area contributed by atoms with Crippen LogP contribution in [0.3, 0.4) is 0 Å². The fourth-order valence-electron chi connectivity index (χ4n) is 3.61. The molecule has 2 heterocycles. The van der Waals surface area contributed by atoms with Crippen LogP contribution in [0, 0.1) is 12.8 Å². The number of sulfonamides is 1. The largest absolute Gasteiger partial charge is 0.312 e. The van der Waals surface area contributed by atoms with Crippen LogP contribution in [0.1, 0.15) is 30.4 Å². The number of aryl methyl sites for hydroxylation is 2. The maximum absolute atomic E-state index is 12.9. The van der Waals surface area contributed by atoms with Gasteiger partial charge in [0.1, 0.15) is 0 Å². The van der Waals surface area contributed by atoms with Gasteiger partial charge >= 0.3 is 0 Å². The summed E-state index contributed by atoms with van der Waals surface area (Å²) in [6.07, 6.45) is 4.48. The number of hydrogen-bond acceptors (Lipinski definition) is 3. The third-order valence-corrected chi connectivity index (χ3v) is 6.20. The van der Waals surface area contributed by atoms with Crippen LogP contribution in [0.2, 0.25) is 0 Å². The minimum absolute atomic E-state index is 0.0692. The molecule has 126 valence electrons. The smallest absolute Gasteiger partial charge is 0.230 e. The highest BCUT2D eigenvalue weighted by Gasteiger charge is 2.33. The molecular weight excluding hydrogens is 312 g/mol. The summed E-state index contributed by atoms with van der Waals surface area (Å²) in [5.74, 6) is 0.0863. The SMILES string of the molecule is Cc1ccc2c(c1)CCCN2C(=O)C1CCN(S(C)(=O)=O)CC1. The second-order valence-electron chi connectivity index (χ2n) is 6.66. The van der Waals surface area contributed by atoms with Gasteiger partial charge in [0, 0.05) is 31.2 Å². The van der Waals surface area contributed by atoms with E-state index >= 15 is 0 Å². The Labute approximate surface area is 138 Å². The average Bonchev–Trinajstić information content (AvgIpc) is 2.52. The third kappa shape index (κ3) is 3.43. The summed E-state index contributed by atoms with van der Waals surface area (Å²) in [5, 5.41) is 0. The van der Waals surface area contributed by atoms with Crippen molar-refractivity contribution < 1.29 is 13.2 Å². The van der Waals surface area contributed by atoms with Crippen LogP contribution in [-0.2, 0) is 21.2 Å². The van der Waals surface area contributed by atoms with Crippen molar-refractivity contribution in [3.8, 4) is 0 Å². The maximum atomic E-state index is 12.9. The second-order valence-corrected chi connectivity index (χ2v) is 8.64. The topological polar surface area (TPSA) is 57.7 Å². The maximum Gasteiger partial charge on any atom is 0.230 e. The zero-order chi connectivity index (χ0) is 16.6. The number of piperidine rings is 1. The number of hydrogen-bond donors (Lipinski definition) is 0. The number of anilines is 1. The summed E-state index contributed by atoms with van der Waals surface area (Å²) in [7, 11) is -3.14. The van der Waals surface area contributed by atoms with Gasteiger partial charge < -0.3 is 4.90 Å². The summed E-state index contributed by atoms with van der Waals surface area (Å²) in [4.78, 5) is 14.8. The average molecular weight is 336 g/mol. The van der Waals surface area contributed by atoms with E-state index in [0.717, 1.165) is 25.1 Å². The van der Waals surface area contributed by atoms with E-state index in [-0.39, 0.29) is 11.8 Å². The predicted octanol–water partition coefficient (Wildman–Crippen LogP) is 1.95. The van der Waals surface area contributed by atoms with E-state index in [9.17, 15) is 13.2 Å². The Kier molecular flexibility index (Phi) is 4.47. The van der Waals surface area contributed by atoms with Crippen LogP contribution < -0.4 is 4.90 Å². The van der Waals surface area contributed by atoms with Crippen molar-refractivity contribution in [3.63, 3.8) is 0 Å². The highest BCUT2D eigenvalue weighted by atomic mass is 32.2. The number of carbonyl (C=O) groups is 1. The first-order valence-electron chi connectivity index (χ1n) is 8.22. The van der Waals surface area contributed by atoms with Crippen molar-refractivity contribution >= 4 is 21.6 Å². The first-order chi connectivity index (χ1) is 10.9. The van der Waals surface area contributed by atoms with E-state index in [1.807, 2.05) is 11.0 Å². The van der Waals surface area contributed by atoms with Gasteiger partial charge in [0.2, 0.25) is 15.9 Å². The Morgan fingerprint density at radius 2 is 1.87 bits per heavy atom. The first kappa shape index (κ1) is 16.5. The number of carbonyl (C=O) groups excluding carboxylic acids is 1. The van der Waals surface area contributed by atoms with Crippen LogP contribution in [0.15, 0.2) is 18.2 Å². The normalized spacial score (nSPS) is 20.3. The zero-order valence-electron chi connectivity index (χ0n) is 13.8. The Morgan fingerprint density at radius 3 is 2.52 bits per heavy atom. The third-order valence-electron chi connectivity index (χ3n) is 4.89. The molecule has 0 atom stereocenters. The van der Waals surface area contributed by atoms with E-state index in [2.05, 4.69) is 19.1 Å². The lowest BCUT2D eigenvalue weighted by molar-refractivity contribution is -0.123. The van der Waals surface area contributed by atoms with E-state index in [0.29, 0.717) is 25.9 Å². The molecule has 0 radical (unpaired) electrons. The molecule has 0 spiro atoms. The molecule has 0 N–H and O–H groups in total. The van der Waals surface area contributed by atoms with Gasteiger partial charge in [-0.2, -0.15) is 0 Å². The molecule has 0 unspecified atom stereocenters. The molecule has 2 aliphatic heterocycles. The quantitative estimate of drug-likeness (QED) is 0.829. The van der Waals surface area contributed by atoms with Crippen LogP contribution in [0.4, 0.5) is 5.69 Å². The number of benzene rings is 1. The molecule has 6 heteroatoms. The molecule has 0 saturated carbocycles. The molecule has 2 aliphatic rings. The van der Waals surface area contributed by atoms with Gasteiger partial charge in [-0.3, -0.25) is 4.79 Å². The van der Waals surface area contributed by atoms with E-state index in [1.165, 1.54) is 21.7 Å². The molecule has 1 saturated heterocycles. The highest BCUT2D eigenvalue weighted by molar-refractivity contribution is 7.88. The molecule has 0 aliphatic carbocycles. The van der Waals surface area contributed by atoms with Gasteiger partial charge in [-0.15, -0.1) is 0 Å². The molecule has 1 amide bonds. The molecule has 0 bridgehead atoms.